The first-order valence-electron chi connectivity index (χ1n) is 7.14. The lowest BCUT2D eigenvalue weighted by molar-refractivity contribution is -0.0675. The van der Waals surface area contributed by atoms with E-state index in [-0.39, 0.29) is 23.7 Å². The molecule has 142 valence electrons. The maximum absolute atomic E-state index is 12.0. The highest BCUT2D eigenvalue weighted by Gasteiger charge is 2.54. The van der Waals surface area contributed by atoms with Crippen LogP contribution in [0.4, 0.5) is 5.95 Å². The molecule has 2 aromatic rings. The topological polar surface area (TPSA) is 227 Å². The SMILES string of the molecule is Nc1nc2c([nH]c(=[N+]([O-])[O-])n2C2OC3COP(=O)(O)OC3C2O)c(=O)[nH]1. The zero-order valence-electron chi connectivity index (χ0n) is 12.6. The molecule has 0 aromatic carbocycles. The first kappa shape index (κ1) is 17.0. The summed E-state index contributed by atoms with van der Waals surface area (Å²) >= 11 is 0. The van der Waals surface area contributed by atoms with Crippen molar-refractivity contribution in [3.05, 3.63) is 26.4 Å². The third-order valence-electron chi connectivity index (χ3n) is 4.01. The molecular formula is C10H12N6O9P-. The third kappa shape index (κ3) is 2.49. The minimum Gasteiger partial charge on any atom is -0.744 e. The van der Waals surface area contributed by atoms with Crippen molar-refractivity contribution in [3.8, 4) is 0 Å². The van der Waals surface area contributed by atoms with Gasteiger partial charge in [0.1, 0.15) is 18.3 Å². The number of nitrogen functional groups attached to an aromatic ring is 1. The van der Waals surface area contributed by atoms with Gasteiger partial charge in [0.05, 0.1) is 6.61 Å². The van der Waals surface area contributed by atoms with E-state index in [1.165, 1.54) is 0 Å². The Morgan fingerprint density at radius 2 is 2.15 bits per heavy atom. The highest BCUT2D eigenvalue weighted by atomic mass is 31.2. The Morgan fingerprint density at radius 1 is 1.42 bits per heavy atom. The molecule has 0 radical (unpaired) electrons. The van der Waals surface area contributed by atoms with E-state index in [1.54, 1.807) is 0 Å². The van der Waals surface area contributed by atoms with Crippen LogP contribution in [0.25, 0.3) is 11.2 Å². The van der Waals surface area contributed by atoms with Crippen LogP contribution in [0.2, 0.25) is 0 Å². The number of anilines is 1. The van der Waals surface area contributed by atoms with Crippen LogP contribution in [0.3, 0.4) is 0 Å². The fourth-order valence-electron chi connectivity index (χ4n) is 2.96. The number of nitrogens with two attached hydrogens (primary N) is 1. The molecular weight excluding hydrogens is 379 g/mol. The van der Waals surface area contributed by atoms with Crippen LogP contribution < -0.4 is 21.8 Å². The van der Waals surface area contributed by atoms with Crippen LogP contribution in [0.15, 0.2) is 4.79 Å². The number of imidazole rings is 1. The largest absolute Gasteiger partial charge is 0.744 e. The molecule has 2 aliphatic rings. The van der Waals surface area contributed by atoms with Crippen LogP contribution in [0.1, 0.15) is 6.23 Å². The van der Waals surface area contributed by atoms with Crippen molar-refractivity contribution in [2.24, 2.45) is 0 Å². The fourth-order valence-corrected chi connectivity index (χ4v) is 3.93. The molecule has 2 saturated heterocycles. The number of hydrogen-bond acceptors (Lipinski definition) is 10. The molecule has 0 spiro atoms. The zero-order chi connectivity index (χ0) is 18.8. The Labute approximate surface area is 142 Å². The van der Waals surface area contributed by atoms with Gasteiger partial charge in [-0.05, 0) is 0 Å². The molecule has 4 rings (SSSR count). The van der Waals surface area contributed by atoms with E-state index in [2.05, 4.69) is 19.5 Å². The van der Waals surface area contributed by atoms with E-state index in [1.807, 2.05) is 0 Å². The minimum absolute atomic E-state index is 0.242. The van der Waals surface area contributed by atoms with Gasteiger partial charge in [-0.3, -0.25) is 23.7 Å². The quantitative estimate of drug-likeness (QED) is 0.246. The van der Waals surface area contributed by atoms with Gasteiger partial charge in [-0.2, -0.15) is 9.55 Å². The van der Waals surface area contributed by atoms with E-state index in [4.69, 9.17) is 15.0 Å². The average Bonchev–Trinajstić information content (AvgIpc) is 3.05. The molecule has 5 unspecified atom stereocenters. The molecule has 2 aliphatic heterocycles. The smallest absolute Gasteiger partial charge is 0.472 e. The van der Waals surface area contributed by atoms with E-state index < -0.39 is 48.4 Å². The van der Waals surface area contributed by atoms with Crippen molar-refractivity contribution >= 4 is 24.9 Å². The van der Waals surface area contributed by atoms with Gasteiger partial charge < -0.3 is 30.9 Å². The summed E-state index contributed by atoms with van der Waals surface area (Å²) in [6.45, 7) is -0.376. The van der Waals surface area contributed by atoms with Gasteiger partial charge in [-0.25, -0.2) is 9.55 Å². The van der Waals surface area contributed by atoms with Gasteiger partial charge >= 0.3 is 13.4 Å². The minimum atomic E-state index is -4.37. The molecule has 0 amide bonds. The molecule has 2 aromatic heterocycles. The van der Waals surface area contributed by atoms with Crippen molar-refractivity contribution < 1.29 is 28.3 Å². The number of fused-ring (bicyclic) bond motifs is 2. The lowest BCUT2D eigenvalue weighted by atomic mass is 10.1. The molecule has 26 heavy (non-hydrogen) atoms. The summed E-state index contributed by atoms with van der Waals surface area (Å²) in [4.78, 5) is 28.8. The van der Waals surface area contributed by atoms with E-state index in [0.29, 0.717) is 0 Å². The number of hydrogen-bond donors (Lipinski definition) is 5. The Kier molecular flexibility index (Phi) is 3.62. The normalized spacial score (nSPS) is 34.1. The first-order chi connectivity index (χ1) is 12.2. The van der Waals surface area contributed by atoms with Crippen LogP contribution in [-0.4, -0.2) is 54.4 Å². The third-order valence-corrected chi connectivity index (χ3v) is 4.99. The van der Waals surface area contributed by atoms with Gasteiger partial charge in [0.25, 0.3) is 5.56 Å². The lowest BCUT2D eigenvalue weighted by Gasteiger charge is -2.27. The number of phosphoric acid groups is 1. The van der Waals surface area contributed by atoms with E-state index in [0.717, 1.165) is 4.57 Å². The van der Waals surface area contributed by atoms with Gasteiger partial charge in [-0.15, -0.1) is 0 Å². The van der Waals surface area contributed by atoms with Crippen molar-refractivity contribution in [1.29, 1.82) is 0 Å². The van der Waals surface area contributed by atoms with Gasteiger partial charge in [0.2, 0.25) is 23.3 Å². The number of phosphoric ester groups is 1. The summed E-state index contributed by atoms with van der Waals surface area (Å²) in [5.41, 5.74) is 3.50. The van der Waals surface area contributed by atoms with Crippen molar-refractivity contribution in [2.45, 2.75) is 24.5 Å². The number of aliphatic hydroxyl groups excluding tert-OH is 1. The Hall–Kier alpha value is -2.42. The van der Waals surface area contributed by atoms with Crippen LogP contribution in [-0.2, 0) is 18.3 Å². The number of rotatable bonds is 1. The summed E-state index contributed by atoms with van der Waals surface area (Å²) in [6.07, 6.45) is -5.29. The van der Waals surface area contributed by atoms with Crippen LogP contribution in [0.5, 0.6) is 0 Å². The molecule has 0 aliphatic carbocycles. The summed E-state index contributed by atoms with van der Waals surface area (Å²) in [7, 11) is -4.37. The molecule has 0 saturated carbocycles. The highest BCUT2D eigenvalue weighted by molar-refractivity contribution is 7.47. The number of ether oxygens (including phenoxy) is 1. The second-order valence-corrected chi connectivity index (χ2v) is 7.02. The Balaban J connectivity index is 1.90. The van der Waals surface area contributed by atoms with E-state index >= 15 is 0 Å². The summed E-state index contributed by atoms with van der Waals surface area (Å²) < 4.78 is 27.3. The standard InChI is InChI=1S/C10H12N6O9P/c11-9-13-6-3(7(18)14-9)12-10(16(19)20)15(6)8-4(17)5-2(24-8)1-23-26(21,22)25-5/h2,4-5,8,12,17H,1H2,(H4-,11,13,14,18,19,20,21,22)/q-1. The predicted octanol–water partition coefficient (Wildman–Crippen LogP) is -2.82. The van der Waals surface area contributed by atoms with Crippen molar-refractivity contribution in [2.75, 3.05) is 12.3 Å². The lowest BCUT2D eigenvalue weighted by Crippen LogP contribution is -2.40. The van der Waals surface area contributed by atoms with Gasteiger partial charge in [0, 0.05) is 0 Å². The summed E-state index contributed by atoms with van der Waals surface area (Å²) in [5.74, 6) is -0.311. The Bertz CT molecular complexity index is 1050. The first-order valence-corrected chi connectivity index (χ1v) is 8.64. The van der Waals surface area contributed by atoms with E-state index in [9.17, 15) is 29.8 Å². The van der Waals surface area contributed by atoms with Crippen LogP contribution in [0, 0.1) is 10.4 Å². The summed E-state index contributed by atoms with van der Waals surface area (Å²) in [6, 6.07) is 0. The van der Waals surface area contributed by atoms with Gasteiger partial charge in [0.15, 0.2) is 0 Å². The maximum atomic E-state index is 12.0. The van der Waals surface area contributed by atoms with Crippen molar-refractivity contribution in [3.63, 3.8) is 0 Å². The molecule has 15 nitrogen and oxygen atoms in total. The average molecular weight is 391 g/mol. The molecule has 16 heteroatoms. The number of aromatic amines is 2. The fraction of sp³-hybridized carbons (Fsp3) is 0.500. The molecule has 0 bridgehead atoms. The molecule has 4 heterocycles. The van der Waals surface area contributed by atoms with Crippen molar-refractivity contribution in [1.82, 2.24) is 24.4 Å². The molecule has 2 fully saturated rings. The number of aliphatic hydroxyl groups is 1. The second kappa shape index (κ2) is 5.54. The van der Waals surface area contributed by atoms with Gasteiger partial charge in [-0.1, -0.05) is 0 Å². The monoisotopic (exact) mass is 391 g/mol. The maximum Gasteiger partial charge on any atom is 0.472 e. The summed E-state index contributed by atoms with van der Waals surface area (Å²) in [5, 5.41) is 33.2. The zero-order valence-corrected chi connectivity index (χ0v) is 13.5. The Morgan fingerprint density at radius 3 is 2.85 bits per heavy atom. The van der Waals surface area contributed by atoms with Crippen LogP contribution >= 0.6 is 7.82 Å². The predicted molar refractivity (Wildman–Crippen MR) is 81.7 cm³/mol. The highest BCUT2D eigenvalue weighted by Crippen LogP contribution is 2.52. The number of nitrogens with one attached hydrogen (secondary N) is 2. The molecule has 5 atom stereocenters. The second-order valence-electron chi connectivity index (χ2n) is 5.62. The molecule has 6 N–H and O–H groups in total. The number of aromatic nitrogens is 4. The number of H-pyrrole nitrogens is 2. The number of nitrogens with zero attached hydrogens (tertiary/aromatic N) is 3.